The van der Waals surface area contributed by atoms with E-state index in [9.17, 15) is 13.6 Å². The van der Waals surface area contributed by atoms with Crippen LogP contribution in [0.3, 0.4) is 0 Å². The van der Waals surface area contributed by atoms with Gasteiger partial charge in [-0.05, 0) is 27.2 Å². The number of hydrogen-bond acceptors (Lipinski definition) is 8. The van der Waals surface area contributed by atoms with Gasteiger partial charge in [-0.15, -0.1) is 15.7 Å². The van der Waals surface area contributed by atoms with E-state index in [0.29, 0.717) is 10.9 Å². The first-order valence-electron chi connectivity index (χ1n) is 7.95. The molecule has 1 aromatic heterocycles. The number of rotatable bonds is 9. The molecule has 2 N–H and O–H groups in total. The summed E-state index contributed by atoms with van der Waals surface area (Å²) >= 11 is 3.10. The Morgan fingerprint density at radius 2 is 2.14 bits per heavy atom. The molecule has 0 aliphatic carbocycles. The maximum Gasteiger partial charge on any atom is 0.327 e. The molecule has 1 aliphatic heterocycles. The fraction of sp³-hybridized carbons (Fsp3) is 0.333. The largest absolute Gasteiger partial charge is 0.492 e. The zero-order valence-corrected chi connectivity index (χ0v) is 15.7. The minimum atomic E-state index is -1.10. The van der Waals surface area contributed by atoms with Gasteiger partial charge in [0.05, 0.1) is 17.7 Å². The Balaban J connectivity index is 1.42. The number of aliphatic carboxylic acids is 1. The van der Waals surface area contributed by atoms with Gasteiger partial charge < -0.3 is 19.4 Å². The number of nitrogens with zero attached hydrogens (tertiary/aromatic N) is 4. The van der Waals surface area contributed by atoms with Crippen LogP contribution < -0.4 is 10.2 Å². The van der Waals surface area contributed by atoms with Crippen LogP contribution in [0.15, 0.2) is 22.7 Å². The van der Waals surface area contributed by atoms with Crippen molar-refractivity contribution in [3.05, 3.63) is 40.1 Å². The fourth-order valence-corrected chi connectivity index (χ4v) is 2.56. The minimum Gasteiger partial charge on any atom is -0.492 e. The van der Waals surface area contributed by atoms with Gasteiger partial charge in [0, 0.05) is 18.6 Å². The van der Waals surface area contributed by atoms with Gasteiger partial charge in [0.1, 0.15) is 5.75 Å². The number of carboxylic acid groups (broad SMARTS) is 1. The average molecular weight is 462 g/mol. The number of hydrogen-bond donors (Lipinski definition) is 2. The molecular formula is C15H14BrF2N5O5. The van der Waals surface area contributed by atoms with Gasteiger partial charge in [-0.1, -0.05) is 0 Å². The van der Waals surface area contributed by atoms with Crippen molar-refractivity contribution in [1.82, 2.24) is 25.7 Å². The Morgan fingerprint density at radius 1 is 1.36 bits per heavy atom. The second-order valence-corrected chi connectivity index (χ2v) is 6.33. The van der Waals surface area contributed by atoms with Crippen molar-refractivity contribution >= 4 is 27.7 Å². The summed E-state index contributed by atoms with van der Waals surface area (Å²) in [5.41, 5.74) is 2.60. The standard InChI is InChI=1S/C15H14BrF2N5O5/c16-8-4-9(17)10(18)5-11(8)26-2-1-3-27-13-6-12(28-21-13)15-19-22-23(20-15)7-14(24)25/h4-6,13,21H,1-3,7H2,(H,24,25). The Labute approximate surface area is 165 Å². The van der Waals surface area contributed by atoms with Crippen molar-refractivity contribution in [3.8, 4) is 5.75 Å². The Morgan fingerprint density at radius 3 is 2.93 bits per heavy atom. The molecule has 0 saturated heterocycles. The molecule has 1 atom stereocenters. The lowest BCUT2D eigenvalue weighted by Crippen LogP contribution is -2.24. The van der Waals surface area contributed by atoms with Gasteiger partial charge in [-0.25, -0.2) is 8.78 Å². The Bertz CT molecular complexity index is 894. The van der Waals surface area contributed by atoms with E-state index in [1.54, 1.807) is 6.08 Å². The number of aromatic nitrogens is 4. The molecule has 0 bridgehead atoms. The fourth-order valence-electron chi connectivity index (χ4n) is 2.13. The normalized spacial score (nSPS) is 16.0. The van der Waals surface area contributed by atoms with E-state index in [2.05, 4.69) is 36.8 Å². The highest BCUT2D eigenvalue weighted by Crippen LogP contribution is 2.27. The number of carbonyl (C=O) groups is 1. The van der Waals surface area contributed by atoms with Gasteiger partial charge in [0.15, 0.2) is 30.2 Å². The highest BCUT2D eigenvalue weighted by atomic mass is 79.9. The van der Waals surface area contributed by atoms with Crippen LogP contribution in [-0.2, 0) is 20.9 Å². The molecule has 1 unspecified atom stereocenters. The minimum absolute atomic E-state index is 0.117. The summed E-state index contributed by atoms with van der Waals surface area (Å²) in [5, 5.41) is 19.9. The first-order chi connectivity index (χ1) is 13.4. The zero-order valence-electron chi connectivity index (χ0n) is 14.1. The summed E-state index contributed by atoms with van der Waals surface area (Å²) in [6.45, 7) is 0.0891. The van der Waals surface area contributed by atoms with E-state index in [0.717, 1.165) is 16.9 Å². The van der Waals surface area contributed by atoms with Crippen molar-refractivity contribution in [2.24, 2.45) is 0 Å². The van der Waals surface area contributed by atoms with Crippen molar-refractivity contribution in [1.29, 1.82) is 0 Å². The van der Waals surface area contributed by atoms with Crippen LogP contribution in [0.5, 0.6) is 5.75 Å². The van der Waals surface area contributed by atoms with Crippen molar-refractivity contribution in [2.45, 2.75) is 19.2 Å². The lowest BCUT2D eigenvalue weighted by Gasteiger charge is -2.11. The van der Waals surface area contributed by atoms with Crippen LogP contribution in [-0.4, -0.2) is 50.7 Å². The molecule has 0 fully saturated rings. The van der Waals surface area contributed by atoms with Gasteiger partial charge in [0.2, 0.25) is 5.82 Å². The maximum atomic E-state index is 13.2. The third-order valence-corrected chi connectivity index (χ3v) is 3.98. The molecular weight excluding hydrogens is 448 g/mol. The molecule has 10 nitrogen and oxygen atoms in total. The molecule has 2 aromatic rings. The molecule has 3 rings (SSSR count). The van der Waals surface area contributed by atoms with Crippen molar-refractivity contribution in [2.75, 3.05) is 13.2 Å². The summed E-state index contributed by atoms with van der Waals surface area (Å²) in [6.07, 6.45) is 1.46. The SMILES string of the molecule is O=C(O)Cn1nnc(C2=CC(OCCCOc3cc(F)c(F)cc3Br)NO2)n1. The monoisotopic (exact) mass is 461 g/mol. The number of carboxylic acids is 1. The van der Waals surface area contributed by atoms with Crippen LogP contribution in [0.1, 0.15) is 12.2 Å². The van der Waals surface area contributed by atoms with Gasteiger partial charge >= 0.3 is 5.97 Å². The number of ether oxygens (including phenoxy) is 2. The number of tetrazole rings is 1. The first-order valence-corrected chi connectivity index (χ1v) is 8.75. The zero-order chi connectivity index (χ0) is 20.1. The molecule has 1 aliphatic rings. The summed E-state index contributed by atoms with van der Waals surface area (Å²) in [6, 6.07) is 1.96. The molecule has 0 amide bonds. The predicted octanol–water partition coefficient (Wildman–Crippen LogP) is 1.49. The van der Waals surface area contributed by atoms with Crippen LogP contribution >= 0.6 is 15.9 Å². The molecule has 13 heteroatoms. The lowest BCUT2D eigenvalue weighted by molar-refractivity contribution is -0.138. The lowest BCUT2D eigenvalue weighted by atomic mass is 10.3. The highest BCUT2D eigenvalue weighted by molar-refractivity contribution is 9.10. The topological polar surface area (TPSA) is 121 Å². The van der Waals surface area contributed by atoms with Crippen LogP contribution in [0.25, 0.3) is 5.76 Å². The van der Waals surface area contributed by atoms with Crippen LogP contribution in [0.2, 0.25) is 0 Å². The quantitative estimate of drug-likeness (QED) is 0.422. The molecule has 28 heavy (non-hydrogen) atoms. The van der Waals surface area contributed by atoms with Gasteiger partial charge in [-0.2, -0.15) is 4.80 Å². The summed E-state index contributed by atoms with van der Waals surface area (Å²) in [5.74, 6) is -2.49. The second kappa shape index (κ2) is 9.03. The number of hydroxylamine groups is 1. The number of nitrogens with one attached hydrogen (secondary N) is 1. The van der Waals surface area contributed by atoms with Crippen molar-refractivity contribution in [3.63, 3.8) is 0 Å². The van der Waals surface area contributed by atoms with Crippen LogP contribution in [0, 0.1) is 11.6 Å². The molecule has 0 saturated carbocycles. The second-order valence-electron chi connectivity index (χ2n) is 5.48. The highest BCUT2D eigenvalue weighted by Gasteiger charge is 2.22. The summed E-state index contributed by atoms with van der Waals surface area (Å²) in [4.78, 5) is 16.7. The summed E-state index contributed by atoms with van der Waals surface area (Å²) < 4.78 is 37.5. The average Bonchev–Trinajstić information content (AvgIpc) is 3.27. The molecule has 0 radical (unpaired) electrons. The number of halogens is 3. The van der Waals surface area contributed by atoms with Gasteiger partial charge in [0.25, 0.3) is 0 Å². The van der Waals surface area contributed by atoms with Crippen molar-refractivity contribution < 1.29 is 33.0 Å². The predicted molar refractivity (Wildman–Crippen MR) is 91.6 cm³/mol. The third-order valence-electron chi connectivity index (χ3n) is 3.36. The smallest absolute Gasteiger partial charge is 0.327 e. The van der Waals surface area contributed by atoms with E-state index in [1.807, 2.05) is 0 Å². The van der Waals surface area contributed by atoms with Gasteiger partial charge in [-0.3, -0.25) is 4.79 Å². The van der Waals surface area contributed by atoms with E-state index in [1.165, 1.54) is 0 Å². The number of benzene rings is 1. The van der Waals surface area contributed by atoms with E-state index >= 15 is 0 Å². The molecule has 2 heterocycles. The third kappa shape index (κ3) is 5.21. The Kier molecular flexibility index (Phi) is 6.49. The van der Waals surface area contributed by atoms with E-state index in [-0.39, 0.29) is 30.5 Å². The van der Waals surface area contributed by atoms with E-state index in [4.69, 9.17) is 19.4 Å². The van der Waals surface area contributed by atoms with Crippen LogP contribution in [0.4, 0.5) is 8.78 Å². The maximum absolute atomic E-state index is 13.2. The Hall–Kier alpha value is -2.64. The molecule has 1 aromatic carbocycles. The first kappa shape index (κ1) is 20.1. The molecule has 150 valence electrons. The van der Waals surface area contributed by atoms with E-state index < -0.39 is 30.4 Å². The molecule has 0 spiro atoms. The summed E-state index contributed by atoms with van der Waals surface area (Å²) in [7, 11) is 0.